The van der Waals surface area contributed by atoms with Gasteiger partial charge in [-0.15, -0.1) is 0 Å². The second kappa shape index (κ2) is 24.7. The number of aliphatic imine (C=N–C) groups is 1. The van der Waals surface area contributed by atoms with E-state index in [2.05, 4.69) is 32.2 Å². The summed E-state index contributed by atoms with van der Waals surface area (Å²) in [7, 11) is -2.84. The van der Waals surface area contributed by atoms with Gasteiger partial charge in [0.05, 0.1) is 83.6 Å². The van der Waals surface area contributed by atoms with E-state index in [1.165, 1.54) is 0 Å². The number of aromatic amines is 2. The van der Waals surface area contributed by atoms with Crippen LogP contribution in [0.15, 0.2) is 60.1 Å². The van der Waals surface area contributed by atoms with Crippen molar-refractivity contribution >= 4 is 84.9 Å². The van der Waals surface area contributed by atoms with Crippen molar-refractivity contribution in [3.05, 3.63) is 112 Å². The topological polar surface area (TPSA) is 261 Å². The maximum absolute atomic E-state index is 15.1. The second-order valence-electron chi connectivity index (χ2n) is 20.1. The molecule has 7 heterocycles. The Hall–Kier alpha value is -7.74. The minimum Gasteiger partial charge on any atom is -0.492 e. The summed E-state index contributed by atoms with van der Waals surface area (Å²) in [5.41, 5.74) is 9.96. The summed E-state index contributed by atoms with van der Waals surface area (Å²) in [6.07, 6.45) is 3.70. The fourth-order valence-electron chi connectivity index (χ4n) is 10.8. The Bertz CT molecular complexity index is 3330. The van der Waals surface area contributed by atoms with Gasteiger partial charge in [-0.3, -0.25) is 38.7 Å². The lowest BCUT2D eigenvalue weighted by Gasteiger charge is -2.27. The quantitative estimate of drug-likeness (QED) is 0.0220. The molecule has 3 atom stereocenters. The molecule has 8 bridgehead atoms. The first-order valence-corrected chi connectivity index (χ1v) is 28.4. The molecule has 5 aliphatic rings. The van der Waals surface area contributed by atoms with Gasteiger partial charge in [-0.25, -0.2) is 18.4 Å². The number of H-pyrrole nitrogens is 2. The van der Waals surface area contributed by atoms with Crippen molar-refractivity contribution in [3.8, 4) is 5.75 Å². The van der Waals surface area contributed by atoms with E-state index >= 15 is 4.79 Å². The van der Waals surface area contributed by atoms with Crippen LogP contribution in [0, 0.1) is 12.8 Å². The number of benzene rings is 1. The van der Waals surface area contributed by atoms with Crippen molar-refractivity contribution in [1.82, 2.24) is 35.5 Å². The minimum absolute atomic E-state index is 0.0929. The Kier molecular flexibility index (Phi) is 17.9. The average molecular weight is 1090 g/mol. The lowest BCUT2D eigenvalue weighted by Crippen LogP contribution is -2.44. The smallest absolute Gasteiger partial charge is 0.309 e. The summed E-state index contributed by atoms with van der Waals surface area (Å²) in [4.78, 5) is 103. The van der Waals surface area contributed by atoms with Gasteiger partial charge in [0.2, 0.25) is 0 Å². The van der Waals surface area contributed by atoms with Crippen LogP contribution in [0.3, 0.4) is 0 Å². The van der Waals surface area contributed by atoms with Crippen LogP contribution in [0.1, 0.15) is 162 Å². The molecular formula is C58H68N8O11S. The van der Waals surface area contributed by atoms with Crippen molar-refractivity contribution < 1.29 is 51.4 Å². The number of guanidine groups is 1. The summed E-state index contributed by atoms with van der Waals surface area (Å²) in [6, 6.07) is 12.3. The molecule has 0 saturated carbocycles. The zero-order chi connectivity index (χ0) is 55.8. The number of ketones is 2. The third kappa shape index (κ3) is 12.3. The van der Waals surface area contributed by atoms with E-state index < -0.39 is 57.4 Å². The van der Waals surface area contributed by atoms with Gasteiger partial charge in [-0.2, -0.15) is 0 Å². The molecule has 5 aliphatic heterocycles. The number of aryl methyl sites for hydroxylation is 1. The van der Waals surface area contributed by atoms with Crippen LogP contribution in [0.25, 0.3) is 33.3 Å². The lowest BCUT2D eigenvalue weighted by molar-refractivity contribution is -0.144. The fraction of sp³-hybridized carbons (Fsp3) is 0.431. The van der Waals surface area contributed by atoms with E-state index in [-0.39, 0.29) is 61.0 Å². The molecule has 2 aromatic heterocycles. The molecule has 8 rings (SSSR count). The highest BCUT2D eigenvalue weighted by molar-refractivity contribution is 7.91. The number of carbonyl (C=O) groups is 6. The van der Waals surface area contributed by atoms with Gasteiger partial charge in [0.15, 0.2) is 27.4 Å². The Morgan fingerprint density at radius 1 is 0.936 bits per heavy atom. The highest BCUT2D eigenvalue weighted by Crippen LogP contribution is 2.45. The maximum atomic E-state index is 15.1. The normalized spacial score (nSPS) is 17.0. The molecule has 3 aromatic rings. The Morgan fingerprint density at radius 2 is 1.68 bits per heavy atom. The SMILES string of the molecule is C=CC1=C(C)c2cc3[nH]c(c4c5[nH]c(cc6nc(cc1n2)C(C)=C6CC)c(C)c5C(=O)N(CC(=O)CCCS(=O)(=O)C[C@@H](CCC(=O)c1ccc(OCCNC2=NCCCN2)cc1)C(=O)OC)C4=O)[C@@H](CCCOC=O)[C@@H]3C. The first-order chi connectivity index (χ1) is 37.5. The van der Waals surface area contributed by atoms with Gasteiger partial charge in [0.1, 0.15) is 12.4 Å². The highest BCUT2D eigenvalue weighted by atomic mass is 32.2. The summed E-state index contributed by atoms with van der Waals surface area (Å²) in [5, 5.41) is 6.35. The number of ether oxygens (including phenoxy) is 3. The molecule has 19 nitrogen and oxygen atoms in total. The first-order valence-electron chi connectivity index (χ1n) is 26.6. The number of aromatic nitrogens is 4. The van der Waals surface area contributed by atoms with E-state index in [0.29, 0.717) is 89.6 Å². The van der Waals surface area contributed by atoms with Crippen molar-refractivity contribution in [1.29, 1.82) is 0 Å². The predicted molar refractivity (Wildman–Crippen MR) is 297 cm³/mol. The number of fused-ring (bicyclic) bond motifs is 8. The van der Waals surface area contributed by atoms with Crippen LogP contribution in [-0.2, 0) is 33.7 Å². The number of rotatable bonds is 24. The summed E-state index contributed by atoms with van der Waals surface area (Å²) >= 11 is 0. The molecule has 0 unspecified atom stereocenters. The zero-order valence-electron chi connectivity index (χ0n) is 45.1. The zero-order valence-corrected chi connectivity index (χ0v) is 46.0. The van der Waals surface area contributed by atoms with Gasteiger partial charge in [0, 0.05) is 65.8 Å². The number of carbonyl (C=O) groups excluding carboxylic acids is 6. The number of nitrogens with one attached hydrogen (secondary N) is 4. The molecule has 0 aliphatic carbocycles. The molecular weight excluding hydrogens is 1020 g/mol. The predicted octanol–water partition coefficient (Wildman–Crippen LogP) is 7.77. The highest BCUT2D eigenvalue weighted by Gasteiger charge is 2.41. The average Bonchev–Trinajstić information content (AvgIpc) is 4.30. The molecule has 0 radical (unpaired) electrons. The standard InChI is InChI=1S/C58H68N8O11S/c1-8-41-33(3)44-27-46-35(5)43(14-10-24-76-32-67)53(64-46)52-54-51(36(6)47(65-54)29-49-42(9-2)34(4)45(63-49)28-48(41)62-44)55(70)66(56(52)71)30-39(68)13-11-26-78(73,74)31-38(57(72)75-7)17-20-50(69)37-15-18-40(19-16-37)77-25-23-61-58-59-21-12-22-60-58/h8,15-16,18-19,27-29,32,35,38,43,64-65H,1,9-14,17,20-26,30-31H2,2-7H3,(H2,59,60,61)/t35-,38+,43-/m0/s1. The number of Topliss-reactive ketones (excluding diaryl/α,β-unsaturated/α-hetero) is 2. The number of hydrogen-bond acceptors (Lipinski definition) is 16. The molecule has 0 spiro atoms. The van der Waals surface area contributed by atoms with Crippen LogP contribution in [-0.4, -0.2) is 133 Å². The number of hydrogen-bond donors (Lipinski definition) is 4. The number of sulfone groups is 1. The molecule has 4 N–H and O–H groups in total. The minimum atomic E-state index is -3.99. The number of imide groups is 1. The van der Waals surface area contributed by atoms with Crippen LogP contribution < -0.4 is 15.4 Å². The van der Waals surface area contributed by atoms with Crippen LogP contribution in [0.4, 0.5) is 0 Å². The van der Waals surface area contributed by atoms with Crippen molar-refractivity contribution in [3.63, 3.8) is 0 Å². The largest absolute Gasteiger partial charge is 0.492 e. The van der Waals surface area contributed by atoms with E-state index in [9.17, 15) is 32.4 Å². The van der Waals surface area contributed by atoms with Gasteiger partial charge >= 0.3 is 5.97 Å². The van der Waals surface area contributed by atoms with Crippen LogP contribution in [0.2, 0.25) is 0 Å². The van der Waals surface area contributed by atoms with E-state index in [0.717, 1.165) is 71.2 Å². The van der Waals surface area contributed by atoms with Gasteiger partial charge < -0.3 is 34.8 Å². The number of allylic oxidation sites excluding steroid dienone is 5. The molecule has 412 valence electrons. The third-order valence-electron chi connectivity index (χ3n) is 15.1. The van der Waals surface area contributed by atoms with E-state index in [1.54, 1.807) is 37.3 Å². The van der Waals surface area contributed by atoms with Gasteiger partial charge in [-0.1, -0.05) is 26.5 Å². The molecule has 20 heteroatoms. The van der Waals surface area contributed by atoms with Crippen molar-refractivity contribution in [2.75, 3.05) is 58.0 Å². The van der Waals surface area contributed by atoms with Crippen molar-refractivity contribution in [2.45, 2.75) is 97.8 Å². The van der Waals surface area contributed by atoms with Gasteiger partial charge in [0.25, 0.3) is 18.3 Å². The summed E-state index contributed by atoms with van der Waals surface area (Å²) in [6.45, 7) is 16.4. The molecule has 0 saturated heterocycles. The first kappa shape index (κ1) is 56.5. The second-order valence-corrected chi connectivity index (χ2v) is 22.4. The Morgan fingerprint density at radius 3 is 2.38 bits per heavy atom. The molecule has 1 aromatic carbocycles. The maximum Gasteiger partial charge on any atom is 0.309 e. The number of methoxy groups -OCH3 is 1. The number of amides is 2. The van der Waals surface area contributed by atoms with Crippen LogP contribution in [0.5, 0.6) is 5.75 Å². The summed E-state index contributed by atoms with van der Waals surface area (Å²) in [5.74, 6) is -4.53. The monoisotopic (exact) mass is 1080 g/mol. The van der Waals surface area contributed by atoms with Crippen molar-refractivity contribution in [2.24, 2.45) is 10.9 Å². The fourth-order valence-corrected chi connectivity index (χ4v) is 12.4. The Balaban J connectivity index is 1.01. The van der Waals surface area contributed by atoms with Gasteiger partial charge in [-0.05, 0) is 124 Å². The number of esters is 1. The van der Waals surface area contributed by atoms with E-state index in [4.69, 9.17) is 24.2 Å². The summed E-state index contributed by atoms with van der Waals surface area (Å²) < 4.78 is 43.0. The molecule has 78 heavy (non-hydrogen) atoms. The van der Waals surface area contributed by atoms with E-state index in [1.807, 2.05) is 45.9 Å². The third-order valence-corrected chi connectivity index (χ3v) is 16.9. The number of nitrogens with zero attached hydrogens (tertiary/aromatic N) is 4. The Labute approximate surface area is 454 Å². The van der Waals surface area contributed by atoms with Crippen LogP contribution >= 0.6 is 0 Å². The lowest BCUT2D eigenvalue weighted by atomic mass is 9.84. The molecule has 0 fully saturated rings. The molecule has 2 amide bonds.